The van der Waals surface area contributed by atoms with E-state index in [-0.39, 0.29) is 24.0 Å². The molecule has 0 spiro atoms. The summed E-state index contributed by atoms with van der Waals surface area (Å²) in [6.07, 6.45) is 1.11. The van der Waals surface area contributed by atoms with Crippen LogP contribution in [0.3, 0.4) is 0 Å². The largest absolute Gasteiger partial charge is 0.453 e. The molecule has 8 heteroatoms. The van der Waals surface area contributed by atoms with E-state index in [1.54, 1.807) is 17.4 Å². The second-order valence-corrected chi connectivity index (χ2v) is 13.4. The van der Waals surface area contributed by atoms with Crippen molar-refractivity contribution in [3.63, 3.8) is 0 Å². The first-order chi connectivity index (χ1) is 17.8. The van der Waals surface area contributed by atoms with E-state index in [2.05, 4.69) is 11.6 Å². The summed E-state index contributed by atoms with van der Waals surface area (Å²) in [4.78, 5) is 31.0. The van der Waals surface area contributed by atoms with Gasteiger partial charge in [-0.1, -0.05) is 32.9 Å². The Morgan fingerprint density at radius 1 is 1.21 bits per heavy atom. The second kappa shape index (κ2) is 11.2. The lowest BCUT2D eigenvalue weighted by molar-refractivity contribution is -0.168. The zero-order valence-electron chi connectivity index (χ0n) is 23.1. The second-order valence-electron chi connectivity index (χ2n) is 12.2. The summed E-state index contributed by atoms with van der Waals surface area (Å²) in [5, 5.41) is 23.2. The Balaban J connectivity index is 1.65. The van der Waals surface area contributed by atoms with Crippen molar-refractivity contribution in [2.75, 3.05) is 0 Å². The van der Waals surface area contributed by atoms with Crippen molar-refractivity contribution in [3.8, 4) is 0 Å². The number of epoxide rings is 1. The molecule has 1 aromatic heterocycles. The van der Waals surface area contributed by atoms with Gasteiger partial charge >= 0.3 is 5.97 Å². The minimum atomic E-state index is -1.40. The Hall–Kier alpha value is -2.13. The van der Waals surface area contributed by atoms with Crippen molar-refractivity contribution in [3.05, 3.63) is 41.4 Å². The number of allylic oxidation sites excluding steroid dienone is 1. The monoisotopic (exact) mass is 543 g/mol. The van der Waals surface area contributed by atoms with E-state index in [4.69, 9.17) is 9.47 Å². The number of benzene rings is 1. The number of thiazole rings is 1. The van der Waals surface area contributed by atoms with Gasteiger partial charge in [0.15, 0.2) is 12.2 Å². The van der Waals surface area contributed by atoms with E-state index in [0.717, 1.165) is 28.1 Å². The summed E-state index contributed by atoms with van der Waals surface area (Å²) in [6.45, 7) is 13.6. The highest BCUT2D eigenvalue weighted by Crippen LogP contribution is 2.47. The number of fused-ring (bicyclic) bond motifs is 2. The van der Waals surface area contributed by atoms with Gasteiger partial charge in [0.1, 0.15) is 18.0 Å². The van der Waals surface area contributed by atoms with Crippen LogP contribution in [0.5, 0.6) is 0 Å². The maximum Gasteiger partial charge on any atom is 0.335 e. The van der Waals surface area contributed by atoms with Gasteiger partial charge in [0, 0.05) is 11.8 Å². The van der Waals surface area contributed by atoms with E-state index in [9.17, 15) is 19.8 Å². The smallest absolute Gasteiger partial charge is 0.335 e. The van der Waals surface area contributed by atoms with Gasteiger partial charge in [-0.05, 0) is 75.5 Å². The lowest BCUT2D eigenvalue weighted by atomic mass is 9.74. The van der Waals surface area contributed by atoms with Crippen LogP contribution in [0.15, 0.2) is 30.9 Å². The molecule has 7 nitrogen and oxygen atoms in total. The number of carbonyl (C=O) groups is 2. The first kappa shape index (κ1) is 28.9. The fourth-order valence-electron chi connectivity index (χ4n) is 5.98. The highest BCUT2D eigenvalue weighted by Gasteiger charge is 2.58. The van der Waals surface area contributed by atoms with Crippen LogP contribution < -0.4 is 0 Å². The zero-order valence-corrected chi connectivity index (χ0v) is 23.9. The van der Waals surface area contributed by atoms with Gasteiger partial charge in [-0.25, -0.2) is 9.78 Å². The number of aliphatic hydroxyl groups excluding tert-OH is 2. The maximum atomic E-state index is 13.3. The van der Waals surface area contributed by atoms with Crippen LogP contribution in [-0.4, -0.2) is 50.9 Å². The van der Waals surface area contributed by atoms with Gasteiger partial charge in [0.2, 0.25) is 0 Å². The van der Waals surface area contributed by atoms with Crippen molar-refractivity contribution in [1.82, 2.24) is 4.98 Å². The highest BCUT2D eigenvalue weighted by atomic mass is 32.1. The Morgan fingerprint density at radius 2 is 1.95 bits per heavy atom. The van der Waals surface area contributed by atoms with Crippen LogP contribution in [-0.2, 0) is 19.1 Å². The molecule has 2 N–H and O–H groups in total. The molecule has 2 aliphatic rings. The molecule has 4 rings (SSSR count). The van der Waals surface area contributed by atoms with Crippen LogP contribution in [0.2, 0.25) is 0 Å². The summed E-state index contributed by atoms with van der Waals surface area (Å²) in [5.74, 6) is -0.957. The molecule has 3 heterocycles. The van der Waals surface area contributed by atoms with E-state index in [1.807, 2.05) is 52.8 Å². The molecule has 0 amide bonds. The third kappa shape index (κ3) is 6.36. The number of nitrogens with zero attached hydrogens (tertiary/aromatic N) is 1. The van der Waals surface area contributed by atoms with Gasteiger partial charge in [-0.3, -0.25) is 4.79 Å². The molecular formula is C30H41NO6S. The molecule has 2 aromatic rings. The number of cyclic esters (lactones) is 1. The summed E-state index contributed by atoms with van der Waals surface area (Å²) in [6, 6.07) is 5.59. The third-order valence-corrected chi connectivity index (χ3v) is 9.07. The van der Waals surface area contributed by atoms with Crippen LogP contribution in [0.4, 0.5) is 0 Å². The van der Waals surface area contributed by atoms with Crippen LogP contribution >= 0.6 is 11.3 Å². The number of aliphatic hydroxyl groups is 2. The number of ketones is 1. The van der Waals surface area contributed by atoms with Crippen molar-refractivity contribution < 1.29 is 29.3 Å². The normalized spacial score (nSPS) is 34.9. The number of hydrogen-bond donors (Lipinski definition) is 2. The summed E-state index contributed by atoms with van der Waals surface area (Å²) in [5.41, 5.74) is 0.307. The molecule has 1 aromatic carbocycles. The Labute approximate surface area is 229 Å². The quantitative estimate of drug-likeness (QED) is 0.301. The average Bonchev–Trinajstić information content (AvgIpc) is 3.36. The fourth-order valence-corrected chi connectivity index (χ4v) is 6.79. The maximum absolute atomic E-state index is 13.3. The molecule has 7 atom stereocenters. The SMILES string of the molecule is C=CCC1CC(C)(C)CC(O)C(=O)OC(c2ccc3sc(C)nc3c2)C(O)C2OC2(C)CCCC(C)C1=O. The van der Waals surface area contributed by atoms with Gasteiger partial charge in [-0.15, -0.1) is 17.9 Å². The lowest BCUT2D eigenvalue weighted by Crippen LogP contribution is -2.37. The Kier molecular flexibility index (Phi) is 8.48. The number of esters is 1. The molecule has 38 heavy (non-hydrogen) atoms. The molecule has 208 valence electrons. The van der Waals surface area contributed by atoms with Crippen LogP contribution in [0.1, 0.15) is 82.9 Å². The number of ether oxygens (including phenoxy) is 2. The minimum Gasteiger partial charge on any atom is -0.453 e. The third-order valence-electron chi connectivity index (χ3n) is 8.12. The van der Waals surface area contributed by atoms with Crippen LogP contribution in [0, 0.1) is 24.2 Å². The molecule has 0 aliphatic carbocycles. The van der Waals surface area contributed by atoms with E-state index in [0.29, 0.717) is 24.8 Å². The van der Waals surface area contributed by atoms with Crippen molar-refractivity contribution in [2.45, 2.75) is 103 Å². The number of aromatic nitrogens is 1. The Morgan fingerprint density at radius 3 is 2.66 bits per heavy atom. The predicted octanol–water partition coefficient (Wildman–Crippen LogP) is 5.46. The number of aryl methyl sites for hydroxylation is 1. The fraction of sp³-hybridized carbons (Fsp3) is 0.633. The van der Waals surface area contributed by atoms with Crippen molar-refractivity contribution >= 4 is 33.3 Å². The first-order valence-corrected chi connectivity index (χ1v) is 14.4. The van der Waals surface area contributed by atoms with Crippen LogP contribution in [0.25, 0.3) is 10.2 Å². The van der Waals surface area contributed by atoms with Crippen molar-refractivity contribution in [2.24, 2.45) is 17.3 Å². The molecule has 7 unspecified atom stereocenters. The van der Waals surface area contributed by atoms with E-state index in [1.165, 1.54) is 0 Å². The Bertz CT molecular complexity index is 1190. The summed E-state index contributed by atoms with van der Waals surface area (Å²) < 4.78 is 12.8. The predicted molar refractivity (Wildman–Crippen MR) is 148 cm³/mol. The molecule has 0 bridgehead atoms. The standard InChI is InChI=1S/C30H41NO6S/c1-7-9-20-15-29(4,5)16-22(32)28(35)36-26(19-11-12-23-21(14-19)31-18(3)38-23)25(34)27-30(6,37-27)13-8-10-17(2)24(20)33/h7,11-12,14,17,20,22,25-27,32,34H,1,8-10,13,15-16H2,2-6H3. The molecule has 0 saturated carbocycles. The topological polar surface area (TPSA) is 109 Å². The number of hydrogen-bond acceptors (Lipinski definition) is 8. The van der Waals surface area contributed by atoms with Gasteiger partial charge < -0.3 is 19.7 Å². The summed E-state index contributed by atoms with van der Waals surface area (Å²) >= 11 is 1.57. The highest BCUT2D eigenvalue weighted by molar-refractivity contribution is 7.18. The van der Waals surface area contributed by atoms with Gasteiger partial charge in [0.05, 0.1) is 20.8 Å². The number of Topliss-reactive ketones (excluding diaryl/α,β-unsaturated/α-hetero) is 1. The van der Waals surface area contributed by atoms with Crippen molar-refractivity contribution in [1.29, 1.82) is 0 Å². The van der Waals surface area contributed by atoms with Gasteiger partial charge in [0.25, 0.3) is 0 Å². The molecule has 2 saturated heterocycles. The zero-order chi connectivity index (χ0) is 27.8. The first-order valence-electron chi connectivity index (χ1n) is 13.6. The average molecular weight is 544 g/mol. The van der Waals surface area contributed by atoms with Gasteiger partial charge in [-0.2, -0.15) is 0 Å². The number of rotatable bonds is 3. The molecule has 2 aliphatic heterocycles. The minimum absolute atomic E-state index is 0.120. The molecular weight excluding hydrogens is 502 g/mol. The lowest BCUT2D eigenvalue weighted by Gasteiger charge is -2.32. The molecule has 2 fully saturated rings. The van der Waals surface area contributed by atoms with E-state index >= 15 is 0 Å². The summed E-state index contributed by atoms with van der Waals surface area (Å²) in [7, 11) is 0. The molecule has 0 radical (unpaired) electrons. The number of carbonyl (C=O) groups excluding carboxylic acids is 2. The van der Waals surface area contributed by atoms with E-state index < -0.39 is 41.4 Å².